The average molecular weight is 347 g/mol. The third-order valence-corrected chi connectivity index (χ3v) is 6.34. The lowest BCUT2D eigenvalue weighted by atomic mass is 9.78. The molecule has 1 saturated carbocycles. The van der Waals surface area contributed by atoms with E-state index in [1.54, 1.807) is 11.3 Å². The Hall–Kier alpha value is -1.46. The van der Waals surface area contributed by atoms with Gasteiger partial charge in [-0.15, -0.1) is 11.3 Å². The summed E-state index contributed by atoms with van der Waals surface area (Å²) in [6, 6.07) is 8.55. The van der Waals surface area contributed by atoms with Gasteiger partial charge in [0.05, 0.1) is 17.3 Å². The normalized spacial score (nSPS) is 25.5. The molecule has 24 heavy (non-hydrogen) atoms. The van der Waals surface area contributed by atoms with Gasteiger partial charge in [-0.05, 0) is 30.4 Å². The van der Waals surface area contributed by atoms with Crippen molar-refractivity contribution in [1.29, 1.82) is 0 Å². The summed E-state index contributed by atoms with van der Waals surface area (Å²) in [5.41, 5.74) is 1.06. The largest absolute Gasteiger partial charge is 0.348 e. The zero-order valence-electron chi connectivity index (χ0n) is 14.8. The van der Waals surface area contributed by atoms with Gasteiger partial charge in [0, 0.05) is 6.04 Å². The molecule has 2 aromatic rings. The number of hydrogen-bond acceptors (Lipinski definition) is 3. The minimum atomic E-state index is 0.166. The quantitative estimate of drug-likeness (QED) is 0.872. The summed E-state index contributed by atoms with van der Waals surface area (Å²) in [5.74, 6) is 1.45. The van der Waals surface area contributed by atoms with E-state index in [-0.39, 0.29) is 5.91 Å². The van der Waals surface area contributed by atoms with Crippen molar-refractivity contribution >= 4 is 27.5 Å². The predicted molar refractivity (Wildman–Crippen MR) is 99.2 cm³/mol. The van der Waals surface area contributed by atoms with Crippen LogP contribution in [0.15, 0.2) is 24.3 Å². The summed E-state index contributed by atoms with van der Waals surface area (Å²) >= 11 is 1.73. The van der Waals surface area contributed by atoms with E-state index in [9.17, 15) is 4.79 Å². The molecular weight excluding hydrogens is 318 g/mol. The van der Waals surface area contributed by atoms with Crippen LogP contribution in [0.3, 0.4) is 0 Å². The molecule has 1 amide bonds. The molecule has 0 aliphatic heterocycles. The van der Waals surface area contributed by atoms with Crippen LogP contribution in [0, 0.1) is 11.8 Å². The van der Waals surface area contributed by atoms with Gasteiger partial charge in [0.15, 0.2) is 6.54 Å². The standard InChI is InChI=1S/C19H27N3OS/c1-13-7-6-9-15(14(13)2)20-18(23)11-22(3)12-19-21-16-8-4-5-10-17(16)24-19/h4-5,8,10,13-15H,6-7,9,11-12H2,1-3H3,(H,20,23)/p+1/t13-,14+,15-/m0/s1. The van der Waals surface area contributed by atoms with Gasteiger partial charge in [0.2, 0.25) is 0 Å². The van der Waals surface area contributed by atoms with Gasteiger partial charge in [-0.25, -0.2) is 4.98 Å². The summed E-state index contributed by atoms with van der Waals surface area (Å²) in [6.07, 6.45) is 3.63. The van der Waals surface area contributed by atoms with Crippen LogP contribution in [0.4, 0.5) is 0 Å². The number of thiazole rings is 1. The maximum absolute atomic E-state index is 12.4. The van der Waals surface area contributed by atoms with E-state index in [0.29, 0.717) is 24.4 Å². The average Bonchev–Trinajstić information content (AvgIpc) is 2.93. The first-order valence-corrected chi connectivity index (χ1v) is 9.79. The summed E-state index contributed by atoms with van der Waals surface area (Å²) in [4.78, 5) is 18.2. The van der Waals surface area contributed by atoms with E-state index in [0.717, 1.165) is 23.5 Å². The Balaban J connectivity index is 1.52. The number of quaternary nitrogens is 1. The minimum absolute atomic E-state index is 0.166. The topological polar surface area (TPSA) is 46.4 Å². The SMILES string of the molecule is C[C@H]1[C@@H](NC(=O)C[NH+](C)Cc2nc3ccccc3s2)CCC[C@@H]1C. The smallest absolute Gasteiger partial charge is 0.275 e. The van der Waals surface area contributed by atoms with Gasteiger partial charge in [0.1, 0.15) is 11.6 Å². The Morgan fingerprint density at radius 3 is 2.92 bits per heavy atom. The predicted octanol–water partition coefficient (Wildman–Crippen LogP) is 2.25. The number of aromatic nitrogens is 1. The number of carbonyl (C=O) groups is 1. The fourth-order valence-electron chi connectivity index (χ4n) is 3.63. The van der Waals surface area contributed by atoms with Crippen molar-refractivity contribution in [2.24, 2.45) is 11.8 Å². The molecule has 130 valence electrons. The highest BCUT2D eigenvalue weighted by atomic mass is 32.1. The van der Waals surface area contributed by atoms with Gasteiger partial charge >= 0.3 is 0 Å². The highest BCUT2D eigenvalue weighted by Gasteiger charge is 2.28. The van der Waals surface area contributed by atoms with Crippen molar-refractivity contribution in [3.63, 3.8) is 0 Å². The lowest BCUT2D eigenvalue weighted by Crippen LogP contribution is -3.09. The van der Waals surface area contributed by atoms with Crippen molar-refractivity contribution in [3.05, 3.63) is 29.3 Å². The van der Waals surface area contributed by atoms with Crippen LogP contribution in [-0.4, -0.2) is 30.5 Å². The first-order valence-electron chi connectivity index (χ1n) is 8.98. The Bertz CT molecular complexity index is 666. The second-order valence-corrected chi connectivity index (χ2v) is 8.44. The molecule has 1 unspecified atom stereocenters. The van der Waals surface area contributed by atoms with Crippen LogP contribution >= 0.6 is 11.3 Å². The second-order valence-electron chi connectivity index (χ2n) is 7.33. The van der Waals surface area contributed by atoms with E-state index in [1.165, 1.54) is 22.4 Å². The van der Waals surface area contributed by atoms with Crippen LogP contribution in [0.2, 0.25) is 0 Å². The third-order valence-electron chi connectivity index (χ3n) is 5.31. The maximum atomic E-state index is 12.4. The van der Waals surface area contributed by atoms with E-state index in [4.69, 9.17) is 0 Å². The van der Waals surface area contributed by atoms with E-state index in [1.807, 2.05) is 18.2 Å². The van der Waals surface area contributed by atoms with Crippen molar-refractivity contribution in [2.45, 2.75) is 45.7 Å². The Morgan fingerprint density at radius 2 is 2.12 bits per heavy atom. The first-order chi connectivity index (χ1) is 11.5. The molecule has 0 bridgehead atoms. The Morgan fingerprint density at radius 1 is 1.33 bits per heavy atom. The molecule has 2 N–H and O–H groups in total. The molecule has 0 spiro atoms. The van der Waals surface area contributed by atoms with Gasteiger partial charge in [-0.1, -0.05) is 38.8 Å². The second kappa shape index (κ2) is 7.62. The molecule has 1 aromatic heterocycles. The minimum Gasteiger partial charge on any atom is -0.348 e. The van der Waals surface area contributed by atoms with Crippen molar-refractivity contribution in [1.82, 2.24) is 10.3 Å². The van der Waals surface area contributed by atoms with Crippen LogP contribution in [0.5, 0.6) is 0 Å². The van der Waals surface area contributed by atoms with E-state index in [2.05, 4.69) is 37.3 Å². The number of rotatable bonds is 5. The van der Waals surface area contributed by atoms with E-state index >= 15 is 0 Å². The van der Waals surface area contributed by atoms with Crippen LogP contribution in [-0.2, 0) is 11.3 Å². The van der Waals surface area contributed by atoms with Crippen LogP contribution < -0.4 is 10.2 Å². The molecule has 0 saturated heterocycles. The van der Waals surface area contributed by atoms with Crippen molar-refractivity contribution < 1.29 is 9.69 Å². The molecule has 1 fully saturated rings. The molecule has 1 heterocycles. The van der Waals surface area contributed by atoms with Crippen LogP contribution in [0.1, 0.15) is 38.1 Å². The summed E-state index contributed by atoms with van der Waals surface area (Å²) < 4.78 is 1.22. The third kappa shape index (κ3) is 4.14. The molecule has 1 aliphatic carbocycles. The number of hydrogen-bond donors (Lipinski definition) is 2. The highest BCUT2D eigenvalue weighted by Crippen LogP contribution is 2.29. The fourth-order valence-corrected chi connectivity index (χ4v) is 4.72. The molecule has 1 aromatic carbocycles. The molecular formula is C19H28N3OS+. The fraction of sp³-hybridized carbons (Fsp3) is 0.579. The number of para-hydroxylation sites is 1. The maximum Gasteiger partial charge on any atom is 0.275 e. The molecule has 1 aliphatic rings. The van der Waals surface area contributed by atoms with Crippen molar-refractivity contribution in [3.8, 4) is 0 Å². The van der Waals surface area contributed by atoms with Gasteiger partial charge in [0.25, 0.3) is 5.91 Å². The molecule has 4 atom stereocenters. The molecule has 0 radical (unpaired) electrons. The molecule has 4 nitrogen and oxygen atoms in total. The lowest BCUT2D eigenvalue weighted by molar-refractivity contribution is -0.885. The number of benzene rings is 1. The summed E-state index contributed by atoms with van der Waals surface area (Å²) in [6.45, 7) is 5.87. The summed E-state index contributed by atoms with van der Waals surface area (Å²) in [5, 5.41) is 4.36. The van der Waals surface area contributed by atoms with Gasteiger partial charge < -0.3 is 10.2 Å². The zero-order chi connectivity index (χ0) is 17.1. The zero-order valence-corrected chi connectivity index (χ0v) is 15.7. The molecule has 3 rings (SSSR count). The highest BCUT2D eigenvalue weighted by molar-refractivity contribution is 7.18. The number of likely N-dealkylation sites (N-methyl/N-ethyl adjacent to an activating group) is 1. The first kappa shape index (κ1) is 17.4. The van der Waals surface area contributed by atoms with Crippen LogP contribution in [0.25, 0.3) is 10.2 Å². The number of carbonyl (C=O) groups excluding carboxylic acids is 1. The van der Waals surface area contributed by atoms with E-state index < -0.39 is 0 Å². The van der Waals surface area contributed by atoms with Gasteiger partial charge in [-0.2, -0.15) is 0 Å². The number of nitrogens with one attached hydrogen (secondary N) is 2. The number of fused-ring (bicyclic) bond motifs is 1. The number of amides is 1. The lowest BCUT2D eigenvalue weighted by Gasteiger charge is -2.34. The Kier molecular flexibility index (Phi) is 5.51. The number of nitrogens with zero attached hydrogens (tertiary/aromatic N) is 1. The van der Waals surface area contributed by atoms with Crippen molar-refractivity contribution in [2.75, 3.05) is 13.6 Å². The van der Waals surface area contributed by atoms with Gasteiger partial charge in [-0.3, -0.25) is 4.79 Å². The Labute approximate surface area is 148 Å². The molecule has 5 heteroatoms. The summed E-state index contributed by atoms with van der Waals surface area (Å²) in [7, 11) is 2.07. The monoisotopic (exact) mass is 346 g/mol.